The smallest absolute Gasteiger partial charge is 0.230 e. The highest BCUT2D eigenvalue weighted by atomic mass is 19.1. The molecule has 1 aliphatic rings. The number of hydrogen-bond acceptors (Lipinski definition) is 2. The van der Waals surface area contributed by atoms with Gasteiger partial charge >= 0.3 is 0 Å². The fourth-order valence-electron chi connectivity index (χ4n) is 3.32. The lowest BCUT2D eigenvalue weighted by Gasteiger charge is -2.16. The van der Waals surface area contributed by atoms with Gasteiger partial charge in [0, 0.05) is 25.5 Å². The normalized spacial score (nSPS) is 14.8. The van der Waals surface area contributed by atoms with Crippen molar-refractivity contribution in [2.75, 3.05) is 0 Å². The predicted molar refractivity (Wildman–Crippen MR) is 96.9 cm³/mol. The molecule has 26 heavy (non-hydrogen) atoms. The first-order valence-corrected chi connectivity index (χ1v) is 8.74. The summed E-state index contributed by atoms with van der Waals surface area (Å²) in [6.45, 7) is 1.24. The lowest BCUT2D eigenvalue weighted by Crippen LogP contribution is -2.34. The van der Waals surface area contributed by atoms with Crippen LogP contribution in [0.5, 0.6) is 0 Å². The molecule has 2 aromatic carbocycles. The van der Waals surface area contributed by atoms with Crippen LogP contribution in [-0.2, 0) is 23.3 Å². The first-order chi connectivity index (χ1) is 12.7. The molecule has 1 saturated carbocycles. The highest BCUT2D eigenvalue weighted by Gasteiger charge is 2.51. The van der Waals surface area contributed by atoms with Crippen LogP contribution in [0.4, 0.5) is 4.39 Å². The number of rotatable bonds is 6. The average Bonchev–Trinajstić information content (AvgIpc) is 3.31. The van der Waals surface area contributed by atoms with Crippen molar-refractivity contribution in [3.63, 3.8) is 0 Å². The second-order valence-corrected chi connectivity index (χ2v) is 6.83. The molecule has 1 fully saturated rings. The SMILES string of the molecule is O=C(NCc1cccc(Cn2ccnc2)c1)C1(c2ccc(F)cc2)CC1. The molecule has 0 aliphatic heterocycles. The highest BCUT2D eigenvalue weighted by molar-refractivity contribution is 5.91. The maximum atomic E-state index is 13.1. The Kier molecular flexibility index (Phi) is 4.29. The van der Waals surface area contributed by atoms with Crippen molar-refractivity contribution < 1.29 is 9.18 Å². The van der Waals surface area contributed by atoms with Gasteiger partial charge in [-0.05, 0) is 41.7 Å². The van der Waals surface area contributed by atoms with Crippen molar-refractivity contribution in [3.8, 4) is 0 Å². The van der Waals surface area contributed by atoms with Crippen molar-refractivity contribution in [2.45, 2.75) is 31.3 Å². The molecule has 132 valence electrons. The van der Waals surface area contributed by atoms with Crippen LogP contribution in [0.2, 0.25) is 0 Å². The Hall–Kier alpha value is -2.95. The summed E-state index contributed by atoms with van der Waals surface area (Å²) in [5.74, 6) is -0.260. The number of hydrogen-bond donors (Lipinski definition) is 1. The molecule has 1 heterocycles. The van der Waals surface area contributed by atoms with Crippen molar-refractivity contribution in [1.29, 1.82) is 0 Å². The van der Waals surface area contributed by atoms with Crippen LogP contribution in [0.3, 0.4) is 0 Å². The van der Waals surface area contributed by atoms with E-state index in [0.717, 1.165) is 36.1 Å². The zero-order valence-electron chi connectivity index (χ0n) is 14.4. The molecule has 0 radical (unpaired) electrons. The van der Waals surface area contributed by atoms with Gasteiger partial charge in [-0.1, -0.05) is 36.4 Å². The lowest BCUT2D eigenvalue weighted by molar-refractivity contribution is -0.123. The zero-order chi connectivity index (χ0) is 18.0. The Balaban J connectivity index is 1.41. The highest BCUT2D eigenvalue weighted by Crippen LogP contribution is 2.48. The van der Waals surface area contributed by atoms with E-state index in [4.69, 9.17) is 0 Å². The molecule has 0 atom stereocenters. The Morgan fingerprint density at radius 3 is 2.62 bits per heavy atom. The molecule has 0 bridgehead atoms. The minimum Gasteiger partial charge on any atom is -0.351 e. The number of carbonyl (C=O) groups is 1. The Bertz CT molecular complexity index is 899. The second-order valence-electron chi connectivity index (χ2n) is 6.83. The van der Waals surface area contributed by atoms with Gasteiger partial charge in [-0.2, -0.15) is 0 Å². The van der Waals surface area contributed by atoms with Crippen molar-refractivity contribution in [3.05, 3.63) is 89.8 Å². The third-order valence-electron chi connectivity index (χ3n) is 4.95. The van der Waals surface area contributed by atoms with Crippen LogP contribution in [0, 0.1) is 5.82 Å². The summed E-state index contributed by atoms with van der Waals surface area (Å²) in [6, 6.07) is 14.4. The molecule has 0 saturated heterocycles. The van der Waals surface area contributed by atoms with Crippen LogP contribution in [0.1, 0.15) is 29.5 Å². The number of carbonyl (C=O) groups excluding carboxylic acids is 1. The fraction of sp³-hybridized carbons (Fsp3) is 0.238. The summed E-state index contributed by atoms with van der Waals surface area (Å²) >= 11 is 0. The Labute approximate surface area is 151 Å². The number of aromatic nitrogens is 2. The molecule has 1 N–H and O–H groups in total. The van der Waals surface area contributed by atoms with Crippen LogP contribution in [-0.4, -0.2) is 15.5 Å². The molecular formula is C21H20FN3O. The maximum absolute atomic E-state index is 13.1. The molecule has 4 rings (SSSR count). The van der Waals surface area contributed by atoms with Gasteiger partial charge in [0.15, 0.2) is 0 Å². The molecule has 4 nitrogen and oxygen atoms in total. The molecule has 1 aromatic heterocycles. The minimum absolute atomic E-state index is 0.0177. The number of imidazole rings is 1. The summed E-state index contributed by atoms with van der Waals surface area (Å²) in [5, 5.41) is 3.05. The van der Waals surface area contributed by atoms with Gasteiger partial charge in [0.2, 0.25) is 5.91 Å². The summed E-state index contributed by atoms with van der Waals surface area (Å²) < 4.78 is 15.1. The van der Waals surface area contributed by atoms with Gasteiger partial charge < -0.3 is 9.88 Å². The Morgan fingerprint density at radius 2 is 1.92 bits per heavy atom. The summed E-state index contributed by atoms with van der Waals surface area (Å²) in [5.41, 5.74) is 2.63. The monoisotopic (exact) mass is 349 g/mol. The Morgan fingerprint density at radius 1 is 1.15 bits per heavy atom. The summed E-state index contributed by atoms with van der Waals surface area (Å²) in [4.78, 5) is 16.8. The molecule has 1 amide bonds. The molecule has 1 aliphatic carbocycles. The number of nitrogens with zero attached hydrogens (tertiary/aromatic N) is 2. The quantitative estimate of drug-likeness (QED) is 0.741. The van der Waals surface area contributed by atoms with E-state index in [9.17, 15) is 9.18 Å². The minimum atomic E-state index is -0.484. The van der Waals surface area contributed by atoms with E-state index in [1.54, 1.807) is 24.7 Å². The maximum Gasteiger partial charge on any atom is 0.230 e. The molecule has 0 unspecified atom stereocenters. The van der Waals surface area contributed by atoms with Gasteiger partial charge in [0.05, 0.1) is 11.7 Å². The lowest BCUT2D eigenvalue weighted by atomic mass is 9.95. The van der Waals surface area contributed by atoms with Gasteiger partial charge in [-0.15, -0.1) is 0 Å². The van der Waals surface area contributed by atoms with Gasteiger partial charge in [0.25, 0.3) is 0 Å². The first kappa shape index (κ1) is 16.5. The van der Waals surface area contributed by atoms with E-state index in [-0.39, 0.29) is 11.7 Å². The first-order valence-electron chi connectivity index (χ1n) is 8.74. The van der Waals surface area contributed by atoms with E-state index in [2.05, 4.69) is 22.4 Å². The van der Waals surface area contributed by atoms with Gasteiger partial charge in [-0.25, -0.2) is 9.37 Å². The third-order valence-corrected chi connectivity index (χ3v) is 4.95. The van der Waals surface area contributed by atoms with E-state index in [0.29, 0.717) is 6.54 Å². The second kappa shape index (κ2) is 6.75. The third kappa shape index (κ3) is 3.38. The van der Waals surface area contributed by atoms with E-state index < -0.39 is 5.41 Å². The van der Waals surface area contributed by atoms with Gasteiger partial charge in [-0.3, -0.25) is 4.79 Å². The van der Waals surface area contributed by atoms with Crippen LogP contribution in [0.25, 0.3) is 0 Å². The topological polar surface area (TPSA) is 46.9 Å². The van der Waals surface area contributed by atoms with E-state index in [1.165, 1.54) is 12.1 Å². The number of benzene rings is 2. The van der Waals surface area contributed by atoms with Crippen molar-refractivity contribution in [2.24, 2.45) is 0 Å². The van der Waals surface area contributed by atoms with E-state index in [1.807, 2.05) is 22.9 Å². The van der Waals surface area contributed by atoms with Gasteiger partial charge in [0.1, 0.15) is 5.82 Å². The standard InChI is InChI=1S/C21H20FN3O/c22-19-6-4-18(5-7-19)21(8-9-21)20(26)24-13-16-2-1-3-17(12-16)14-25-11-10-23-15-25/h1-7,10-12,15H,8-9,13-14H2,(H,24,26). The predicted octanol–water partition coefficient (Wildman–Crippen LogP) is 3.42. The van der Waals surface area contributed by atoms with E-state index >= 15 is 0 Å². The molecule has 0 spiro atoms. The zero-order valence-corrected chi connectivity index (χ0v) is 14.4. The number of nitrogens with one attached hydrogen (secondary N) is 1. The summed E-state index contributed by atoms with van der Waals surface area (Å²) in [7, 11) is 0. The van der Waals surface area contributed by atoms with Crippen LogP contribution < -0.4 is 5.32 Å². The molecule has 5 heteroatoms. The number of halogens is 1. The fourth-order valence-corrected chi connectivity index (χ4v) is 3.32. The summed E-state index contributed by atoms with van der Waals surface area (Å²) in [6.07, 6.45) is 7.09. The van der Waals surface area contributed by atoms with Crippen molar-refractivity contribution in [1.82, 2.24) is 14.9 Å². The van der Waals surface area contributed by atoms with Crippen molar-refractivity contribution >= 4 is 5.91 Å². The molecule has 3 aromatic rings. The largest absolute Gasteiger partial charge is 0.351 e. The number of amides is 1. The van der Waals surface area contributed by atoms with Crippen LogP contribution in [0.15, 0.2) is 67.3 Å². The van der Waals surface area contributed by atoms with Crippen LogP contribution >= 0.6 is 0 Å². The average molecular weight is 349 g/mol. The molecular weight excluding hydrogens is 329 g/mol.